The molecule has 6 heteroatoms. The maximum Gasteiger partial charge on any atom is 0.170 e. The monoisotopic (exact) mass is 306 g/mol. The molecule has 0 saturated heterocycles. The number of hydrogen-bond donors (Lipinski definition) is 0. The highest BCUT2D eigenvalue weighted by Gasteiger charge is 2.19. The third kappa shape index (κ3) is 3.13. The SMILES string of the molecule is CCc1nnc(C)cc1C(=O)Cc1c(Cl)c(C)nn1CC. The van der Waals surface area contributed by atoms with Crippen molar-refractivity contribution in [3.63, 3.8) is 0 Å². The summed E-state index contributed by atoms with van der Waals surface area (Å²) in [6.07, 6.45) is 0.903. The Labute approximate surface area is 129 Å². The van der Waals surface area contributed by atoms with Gasteiger partial charge >= 0.3 is 0 Å². The maximum absolute atomic E-state index is 12.6. The van der Waals surface area contributed by atoms with E-state index in [0.717, 1.165) is 22.8 Å². The molecule has 2 rings (SSSR count). The Kier molecular flexibility index (Phi) is 4.73. The van der Waals surface area contributed by atoms with Gasteiger partial charge in [0.25, 0.3) is 0 Å². The highest BCUT2D eigenvalue weighted by Crippen LogP contribution is 2.22. The fourth-order valence-electron chi connectivity index (χ4n) is 2.30. The van der Waals surface area contributed by atoms with Crippen LogP contribution in [0.1, 0.15) is 47.0 Å². The first-order chi connectivity index (χ1) is 9.97. The van der Waals surface area contributed by atoms with Crippen LogP contribution < -0.4 is 0 Å². The average molecular weight is 307 g/mol. The minimum absolute atomic E-state index is 0.00125. The lowest BCUT2D eigenvalue weighted by atomic mass is 10.0. The van der Waals surface area contributed by atoms with Crippen molar-refractivity contribution < 1.29 is 4.79 Å². The number of carbonyl (C=O) groups is 1. The van der Waals surface area contributed by atoms with Gasteiger partial charge in [-0.15, -0.1) is 0 Å². The summed E-state index contributed by atoms with van der Waals surface area (Å²) in [6, 6.07) is 1.79. The predicted molar refractivity (Wildman–Crippen MR) is 81.8 cm³/mol. The molecule has 0 unspecified atom stereocenters. The third-order valence-electron chi connectivity index (χ3n) is 3.41. The summed E-state index contributed by atoms with van der Waals surface area (Å²) in [5, 5.41) is 13.0. The molecule has 21 heavy (non-hydrogen) atoms. The average Bonchev–Trinajstić information content (AvgIpc) is 2.74. The first kappa shape index (κ1) is 15.6. The van der Waals surface area contributed by atoms with Crippen molar-refractivity contribution in [3.8, 4) is 0 Å². The number of hydrogen-bond acceptors (Lipinski definition) is 4. The van der Waals surface area contributed by atoms with Crippen molar-refractivity contribution in [1.29, 1.82) is 0 Å². The molecule has 5 nitrogen and oxygen atoms in total. The second kappa shape index (κ2) is 6.35. The first-order valence-electron chi connectivity index (χ1n) is 7.06. The van der Waals surface area contributed by atoms with Gasteiger partial charge in [-0.1, -0.05) is 18.5 Å². The summed E-state index contributed by atoms with van der Waals surface area (Å²) in [7, 11) is 0. The highest BCUT2D eigenvalue weighted by molar-refractivity contribution is 6.32. The van der Waals surface area contributed by atoms with Crippen molar-refractivity contribution in [3.05, 3.63) is 39.4 Å². The van der Waals surface area contributed by atoms with E-state index in [4.69, 9.17) is 11.6 Å². The van der Waals surface area contributed by atoms with E-state index in [1.807, 2.05) is 27.7 Å². The number of aryl methyl sites for hydroxylation is 4. The molecule has 0 aromatic carbocycles. The minimum atomic E-state index is 0.00125. The lowest BCUT2D eigenvalue weighted by molar-refractivity contribution is 0.0989. The number of carbonyl (C=O) groups excluding carboxylic acids is 1. The number of aromatic nitrogens is 4. The molecule has 2 aromatic rings. The molecule has 0 bridgehead atoms. The third-order valence-corrected chi connectivity index (χ3v) is 3.90. The first-order valence-corrected chi connectivity index (χ1v) is 7.43. The lowest BCUT2D eigenvalue weighted by Crippen LogP contribution is -2.13. The van der Waals surface area contributed by atoms with Crippen molar-refractivity contribution in [2.45, 2.75) is 47.1 Å². The van der Waals surface area contributed by atoms with Crippen molar-refractivity contribution in [2.75, 3.05) is 0 Å². The van der Waals surface area contributed by atoms with E-state index in [1.165, 1.54) is 0 Å². The standard InChI is InChI=1S/C15H19ClN4O/c1-5-12-11(7-9(3)17-18-12)14(21)8-13-15(16)10(4)19-20(13)6-2/h7H,5-6,8H2,1-4H3. The van der Waals surface area contributed by atoms with E-state index in [1.54, 1.807) is 10.7 Å². The molecule has 0 saturated carbocycles. The second-order valence-electron chi connectivity index (χ2n) is 4.96. The van der Waals surface area contributed by atoms with Crippen LogP contribution >= 0.6 is 11.6 Å². The summed E-state index contributed by atoms with van der Waals surface area (Å²) in [4.78, 5) is 12.6. The molecular weight excluding hydrogens is 288 g/mol. The van der Waals surface area contributed by atoms with Crippen LogP contribution in [0.4, 0.5) is 0 Å². The van der Waals surface area contributed by atoms with Gasteiger partial charge in [0.1, 0.15) is 0 Å². The molecule has 112 valence electrons. The van der Waals surface area contributed by atoms with E-state index in [9.17, 15) is 4.79 Å². The van der Waals surface area contributed by atoms with Crippen molar-refractivity contribution >= 4 is 17.4 Å². The van der Waals surface area contributed by atoms with Gasteiger partial charge < -0.3 is 0 Å². The Morgan fingerprint density at radius 2 is 2.00 bits per heavy atom. The number of rotatable bonds is 5. The molecule has 2 aromatic heterocycles. The summed E-state index contributed by atoms with van der Waals surface area (Å²) in [6.45, 7) is 8.30. The van der Waals surface area contributed by atoms with Gasteiger partial charge in [-0.2, -0.15) is 15.3 Å². The molecule has 0 spiro atoms. The molecule has 0 aliphatic rings. The second-order valence-corrected chi connectivity index (χ2v) is 5.34. The zero-order chi connectivity index (χ0) is 15.6. The van der Waals surface area contributed by atoms with Gasteiger partial charge in [0, 0.05) is 12.1 Å². The molecular formula is C15H19ClN4O. The topological polar surface area (TPSA) is 60.7 Å². The fraction of sp³-hybridized carbons (Fsp3) is 0.467. The van der Waals surface area contributed by atoms with Crippen LogP contribution in [-0.4, -0.2) is 25.8 Å². The predicted octanol–water partition coefficient (Wildman–Crippen LogP) is 2.95. The molecule has 0 radical (unpaired) electrons. The maximum atomic E-state index is 12.6. The van der Waals surface area contributed by atoms with Gasteiger partial charge in [-0.05, 0) is 33.3 Å². The van der Waals surface area contributed by atoms with Crippen LogP contribution in [0.5, 0.6) is 0 Å². The smallest absolute Gasteiger partial charge is 0.170 e. The summed E-state index contributed by atoms with van der Waals surface area (Å²) in [5.74, 6) is 0.00125. The molecule has 0 N–H and O–H groups in total. The highest BCUT2D eigenvalue weighted by atomic mass is 35.5. The summed E-state index contributed by atoms with van der Waals surface area (Å²) in [5.41, 5.74) is 3.60. The Morgan fingerprint density at radius 3 is 2.62 bits per heavy atom. The summed E-state index contributed by atoms with van der Waals surface area (Å²) >= 11 is 6.27. The Balaban J connectivity index is 2.37. The fourth-order valence-corrected chi connectivity index (χ4v) is 2.50. The molecule has 0 atom stereocenters. The van der Waals surface area contributed by atoms with E-state index in [0.29, 0.717) is 23.6 Å². The van der Waals surface area contributed by atoms with Crippen LogP contribution in [0.15, 0.2) is 6.07 Å². The molecule has 0 aliphatic carbocycles. The van der Waals surface area contributed by atoms with Gasteiger partial charge in [0.15, 0.2) is 5.78 Å². The molecule has 0 fully saturated rings. The Hall–Kier alpha value is -1.75. The number of Topliss-reactive ketones (excluding diaryl/α,β-unsaturated/α-hetero) is 1. The van der Waals surface area contributed by atoms with Gasteiger partial charge in [-0.3, -0.25) is 9.48 Å². The zero-order valence-corrected chi connectivity index (χ0v) is 13.5. The molecule has 0 aliphatic heterocycles. The van der Waals surface area contributed by atoms with Crippen LogP contribution in [0.25, 0.3) is 0 Å². The van der Waals surface area contributed by atoms with E-state index in [-0.39, 0.29) is 12.2 Å². The number of nitrogens with zero attached hydrogens (tertiary/aromatic N) is 4. The van der Waals surface area contributed by atoms with Gasteiger partial charge in [-0.25, -0.2) is 0 Å². The molecule has 2 heterocycles. The lowest BCUT2D eigenvalue weighted by Gasteiger charge is -2.08. The normalized spacial score (nSPS) is 10.9. The van der Waals surface area contributed by atoms with E-state index >= 15 is 0 Å². The van der Waals surface area contributed by atoms with Crippen molar-refractivity contribution in [2.24, 2.45) is 0 Å². The van der Waals surface area contributed by atoms with E-state index in [2.05, 4.69) is 15.3 Å². The zero-order valence-electron chi connectivity index (χ0n) is 12.8. The molecule has 0 amide bonds. The van der Waals surface area contributed by atoms with Crippen molar-refractivity contribution in [1.82, 2.24) is 20.0 Å². The minimum Gasteiger partial charge on any atom is -0.294 e. The Morgan fingerprint density at radius 1 is 1.29 bits per heavy atom. The van der Waals surface area contributed by atoms with Crippen LogP contribution in [-0.2, 0) is 19.4 Å². The van der Waals surface area contributed by atoms with Gasteiger partial charge in [0.2, 0.25) is 0 Å². The Bertz CT molecular complexity index is 679. The van der Waals surface area contributed by atoms with Gasteiger partial charge in [0.05, 0.1) is 34.2 Å². The van der Waals surface area contributed by atoms with E-state index < -0.39 is 0 Å². The quantitative estimate of drug-likeness (QED) is 0.797. The number of ketones is 1. The van der Waals surface area contributed by atoms with Crippen LogP contribution in [0.3, 0.4) is 0 Å². The number of halogens is 1. The largest absolute Gasteiger partial charge is 0.294 e. The van der Waals surface area contributed by atoms with Crippen LogP contribution in [0, 0.1) is 13.8 Å². The van der Waals surface area contributed by atoms with Crippen LogP contribution in [0.2, 0.25) is 5.02 Å². The summed E-state index contributed by atoms with van der Waals surface area (Å²) < 4.78 is 1.78.